The molecule has 3 aliphatic rings. The van der Waals surface area contributed by atoms with Gasteiger partial charge < -0.3 is 10.1 Å². The minimum Gasteiger partial charge on any atom is -0.456 e. The summed E-state index contributed by atoms with van der Waals surface area (Å²) in [6.45, 7) is 0. The van der Waals surface area contributed by atoms with Crippen molar-refractivity contribution >= 4 is 11.7 Å². The van der Waals surface area contributed by atoms with Crippen molar-refractivity contribution in [3.05, 3.63) is 215 Å². The van der Waals surface area contributed by atoms with Crippen molar-refractivity contribution < 1.29 is 4.74 Å². The van der Waals surface area contributed by atoms with Crippen molar-refractivity contribution in [2.75, 3.05) is 0 Å². The first-order chi connectivity index (χ1) is 24.8. The lowest BCUT2D eigenvalue weighted by atomic mass is 9.65. The highest BCUT2D eigenvalue weighted by atomic mass is 16.5. The maximum Gasteiger partial charge on any atom is 0.159 e. The van der Waals surface area contributed by atoms with Crippen LogP contribution in [-0.2, 0) is 5.41 Å². The van der Waals surface area contributed by atoms with Crippen molar-refractivity contribution in [2.24, 2.45) is 9.98 Å². The van der Waals surface area contributed by atoms with E-state index in [0.717, 1.165) is 56.3 Å². The van der Waals surface area contributed by atoms with Crippen LogP contribution in [-0.4, -0.2) is 11.7 Å². The fraction of sp³-hybridized carbons (Fsp3) is 0.0435. The van der Waals surface area contributed by atoms with E-state index in [9.17, 15) is 0 Å². The molecule has 0 radical (unpaired) electrons. The number of rotatable bonds is 4. The van der Waals surface area contributed by atoms with Crippen LogP contribution in [0.1, 0.15) is 45.1 Å². The molecular formula is C46H31N3O. The summed E-state index contributed by atoms with van der Waals surface area (Å²) < 4.78 is 7.02. The highest BCUT2D eigenvalue weighted by molar-refractivity contribution is 6.13. The van der Waals surface area contributed by atoms with Gasteiger partial charge in [0.1, 0.15) is 23.5 Å². The second-order valence-corrected chi connectivity index (χ2v) is 12.9. The smallest absolute Gasteiger partial charge is 0.159 e. The highest BCUT2D eigenvalue weighted by Crippen LogP contribution is 2.63. The molecule has 0 fully saturated rings. The Morgan fingerprint density at radius 3 is 1.72 bits per heavy atom. The van der Waals surface area contributed by atoms with Gasteiger partial charge in [0.15, 0.2) is 5.84 Å². The topological polar surface area (TPSA) is 46.0 Å². The van der Waals surface area contributed by atoms with Gasteiger partial charge in [0.2, 0.25) is 0 Å². The molecule has 0 saturated heterocycles. The number of nitrogens with one attached hydrogen (secondary N) is 1. The Morgan fingerprint density at radius 1 is 0.460 bits per heavy atom. The van der Waals surface area contributed by atoms with Crippen LogP contribution in [0.4, 0.5) is 0 Å². The van der Waals surface area contributed by atoms with E-state index >= 15 is 0 Å². The van der Waals surface area contributed by atoms with Crippen molar-refractivity contribution in [1.82, 2.24) is 5.32 Å². The molecule has 236 valence electrons. The average Bonchev–Trinajstić information content (AvgIpc) is 3.49. The number of hydrogen-bond donors (Lipinski definition) is 1. The van der Waals surface area contributed by atoms with E-state index in [1.165, 1.54) is 22.3 Å². The number of hydrogen-bond acceptors (Lipinski definition) is 4. The summed E-state index contributed by atoms with van der Waals surface area (Å²) in [6.07, 6.45) is -0.386. The predicted octanol–water partition coefficient (Wildman–Crippen LogP) is 10.3. The molecule has 0 saturated carbocycles. The van der Waals surface area contributed by atoms with Gasteiger partial charge in [-0.1, -0.05) is 170 Å². The Labute approximate surface area is 291 Å². The van der Waals surface area contributed by atoms with Gasteiger partial charge in [-0.05, 0) is 33.9 Å². The molecule has 2 aliphatic heterocycles. The maximum atomic E-state index is 7.02. The number of ether oxygens (including phenoxy) is 1. The lowest BCUT2D eigenvalue weighted by molar-refractivity contribution is 0.438. The fourth-order valence-electron chi connectivity index (χ4n) is 8.14. The molecule has 4 heteroatoms. The molecule has 0 aromatic heterocycles. The van der Waals surface area contributed by atoms with Crippen LogP contribution in [0.5, 0.6) is 11.5 Å². The molecule has 10 rings (SSSR count). The minimum absolute atomic E-state index is 0.386. The van der Waals surface area contributed by atoms with Gasteiger partial charge in [-0.3, -0.25) is 0 Å². The summed E-state index contributed by atoms with van der Waals surface area (Å²) in [6, 6.07) is 61.8. The van der Waals surface area contributed by atoms with Crippen molar-refractivity contribution in [2.45, 2.75) is 11.6 Å². The maximum absolute atomic E-state index is 7.02. The Hall–Kier alpha value is -6.52. The van der Waals surface area contributed by atoms with Crippen LogP contribution in [0.15, 0.2) is 186 Å². The monoisotopic (exact) mass is 641 g/mol. The van der Waals surface area contributed by atoms with Gasteiger partial charge >= 0.3 is 0 Å². The second-order valence-electron chi connectivity index (χ2n) is 12.9. The standard InChI is InChI=1S/C46H31N3O/c1-3-16-30(17-4-1)43-47-44(31-18-5-2-6-19-31)49-45(48-43)36-23-8-7-20-32(36)35-24-15-28-40-42(35)50-41-29-14-13-27-39(41)46(40)37-25-11-9-21-33(37)34-22-10-12-26-38(34)46/h1-29,45H,(H,47,48,49). The number of aliphatic imine (C=N–C) groups is 2. The lowest BCUT2D eigenvalue weighted by Crippen LogP contribution is -2.34. The summed E-state index contributed by atoms with van der Waals surface area (Å²) in [5.74, 6) is 3.22. The first-order valence-electron chi connectivity index (χ1n) is 17.0. The van der Waals surface area contributed by atoms with Crippen LogP contribution in [0, 0.1) is 0 Å². The number of amidine groups is 2. The third-order valence-corrected chi connectivity index (χ3v) is 10.2. The van der Waals surface area contributed by atoms with Crippen LogP contribution < -0.4 is 10.1 Å². The van der Waals surface area contributed by atoms with Crippen molar-refractivity contribution in [1.29, 1.82) is 0 Å². The Morgan fingerprint density at radius 2 is 1.00 bits per heavy atom. The lowest BCUT2D eigenvalue weighted by Gasteiger charge is -2.40. The van der Waals surface area contributed by atoms with Crippen LogP contribution in [0.2, 0.25) is 0 Å². The summed E-state index contributed by atoms with van der Waals surface area (Å²) in [5.41, 5.74) is 11.9. The first-order valence-corrected chi connectivity index (χ1v) is 17.0. The van der Waals surface area contributed by atoms with E-state index in [1.54, 1.807) is 0 Å². The summed E-state index contributed by atoms with van der Waals surface area (Å²) in [4.78, 5) is 10.3. The van der Waals surface area contributed by atoms with Gasteiger partial charge in [0, 0.05) is 33.4 Å². The zero-order valence-corrected chi connectivity index (χ0v) is 27.1. The normalized spacial score (nSPS) is 16.1. The van der Waals surface area contributed by atoms with Gasteiger partial charge in [0.25, 0.3) is 0 Å². The quantitative estimate of drug-likeness (QED) is 0.208. The van der Waals surface area contributed by atoms with E-state index < -0.39 is 5.41 Å². The molecule has 1 unspecified atom stereocenters. The number of fused-ring (bicyclic) bond motifs is 9. The van der Waals surface area contributed by atoms with E-state index in [1.807, 2.05) is 36.4 Å². The molecule has 0 bridgehead atoms. The van der Waals surface area contributed by atoms with E-state index in [0.29, 0.717) is 5.84 Å². The molecule has 7 aromatic rings. The molecule has 1 spiro atoms. The average molecular weight is 642 g/mol. The van der Waals surface area contributed by atoms with Crippen molar-refractivity contribution in [3.63, 3.8) is 0 Å². The Balaban J connectivity index is 1.19. The zero-order valence-electron chi connectivity index (χ0n) is 27.1. The molecule has 1 aliphatic carbocycles. The van der Waals surface area contributed by atoms with Crippen LogP contribution in [0.25, 0.3) is 22.3 Å². The summed E-state index contributed by atoms with van der Waals surface area (Å²) in [5, 5.41) is 3.69. The summed E-state index contributed by atoms with van der Waals surface area (Å²) in [7, 11) is 0. The molecule has 4 nitrogen and oxygen atoms in total. The molecule has 1 N–H and O–H groups in total. The van der Waals surface area contributed by atoms with Gasteiger partial charge in [-0.15, -0.1) is 0 Å². The van der Waals surface area contributed by atoms with Crippen LogP contribution in [0.3, 0.4) is 0 Å². The number of benzene rings is 7. The molecule has 50 heavy (non-hydrogen) atoms. The molecule has 0 amide bonds. The van der Waals surface area contributed by atoms with E-state index in [-0.39, 0.29) is 6.17 Å². The third-order valence-electron chi connectivity index (χ3n) is 10.2. The van der Waals surface area contributed by atoms with Gasteiger partial charge in [-0.2, -0.15) is 0 Å². The molecule has 2 heterocycles. The summed E-state index contributed by atoms with van der Waals surface area (Å²) >= 11 is 0. The van der Waals surface area contributed by atoms with E-state index in [2.05, 4.69) is 145 Å². The van der Waals surface area contributed by atoms with Gasteiger partial charge in [-0.25, -0.2) is 9.98 Å². The van der Waals surface area contributed by atoms with E-state index in [4.69, 9.17) is 14.7 Å². The van der Waals surface area contributed by atoms with Gasteiger partial charge in [0.05, 0.1) is 5.41 Å². The predicted molar refractivity (Wildman–Crippen MR) is 201 cm³/mol. The Bertz CT molecular complexity index is 2450. The van der Waals surface area contributed by atoms with Crippen LogP contribution >= 0.6 is 0 Å². The zero-order chi connectivity index (χ0) is 33.1. The molecular weight excluding hydrogens is 611 g/mol. The number of nitrogens with zero attached hydrogens (tertiary/aromatic N) is 2. The second kappa shape index (κ2) is 11.3. The molecule has 7 aromatic carbocycles. The highest BCUT2D eigenvalue weighted by Gasteiger charge is 2.51. The SMILES string of the molecule is c1ccc(C2=NC(c3ccccc3-c3cccc4c3Oc3ccccc3C43c4ccccc4-c4ccccc43)NC(c3ccccc3)=N2)cc1. The number of para-hydroxylation sites is 2. The minimum atomic E-state index is -0.531. The largest absolute Gasteiger partial charge is 0.456 e. The van der Waals surface area contributed by atoms with Crippen molar-refractivity contribution in [3.8, 4) is 33.8 Å². The first kappa shape index (κ1) is 28.5. The third kappa shape index (κ3) is 4.18. The Kier molecular flexibility index (Phi) is 6.43. The molecule has 1 atom stereocenters. The fourth-order valence-corrected chi connectivity index (χ4v) is 8.14.